The van der Waals surface area contributed by atoms with Gasteiger partial charge < -0.3 is 0 Å². The highest BCUT2D eigenvalue weighted by Gasteiger charge is 2.21. The fourth-order valence-corrected chi connectivity index (χ4v) is 2.34. The maximum Gasteiger partial charge on any atom is 0.0781 e. The van der Waals surface area contributed by atoms with Crippen molar-refractivity contribution in [2.75, 3.05) is 0 Å². The number of benzene rings is 2. The fraction of sp³-hybridized carbons (Fsp3) is 0.235. The first-order valence-electron chi connectivity index (χ1n) is 6.24. The average molecular weight is 235 g/mol. The monoisotopic (exact) mass is 235 g/mol. The van der Waals surface area contributed by atoms with Gasteiger partial charge in [-0.1, -0.05) is 61.5 Å². The van der Waals surface area contributed by atoms with Crippen molar-refractivity contribution >= 4 is 0 Å². The van der Waals surface area contributed by atoms with Crippen LogP contribution >= 0.6 is 0 Å². The Hall–Kier alpha value is -2.07. The van der Waals surface area contributed by atoms with E-state index in [0.717, 1.165) is 5.56 Å². The molecule has 2 rings (SSSR count). The van der Waals surface area contributed by atoms with Gasteiger partial charge in [-0.3, -0.25) is 0 Å². The molecule has 0 radical (unpaired) electrons. The second-order valence-electron chi connectivity index (χ2n) is 4.66. The van der Waals surface area contributed by atoms with Crippen LogP contribution in [0.2, 0.25) is 0 Å². The van der Waals surface area contributed by atoms with Crippen LogP contribution in [0.4, 0.5) is 0 Å². The molecule has 2 aromatic carbocycles. The molecule has 2 unspecified atom stereocenters. The van der Waals surface area contributed by atoms with Crippen LogP contribution in [-0.2, 0) is 0 Å². The Balaban J connectivity index is 2.36. The molecule has 2 atom stereocenters. The summed E-state index contributed by atoms with van der Waals surface area (Å²) in [5.74, 6) is 0.117. The quantitative estimate of drug-likeness (QED) is 0.773. The average Bonchev–Trinajstić information content (AvgIpc) is 2.42. The molecule has 90 valence electrons. The van der Waals surface area contributed by atoms with Gasteiger partial charge in [0.15, 0.2) is 0 Å². The van der Waals surface area contributed by atoms with E-state index in [1.165, 1.54) is 11.1 Å². The smallest absolute Gasteiger partial charge is 0.0781 e. The number of aryl methyl sites for hydroxylation is 1. The van der Waals surface area contributed by atoms with Crippen molar-refractivity contribution in [1.29, 1.82) is 5.26 Å². The van der Waals surface area contributed by atoms with E-state index < -0.39 is 0 Å². The summed E-state index contributed by atoms with van der Waals surface area (Å²) in [6.07, 6.45) is 0. The predicted molar refractivity (Wildman–Crippen MR) is 74.4 cm³/mol. The molecular formula is C17H17N. The summed E-state index contributed by atoms with van der Waals surface area (Å²) in [5.41, 5.74) is 3.54. The van der Waals surface area contributed by atoms with Crippen molar-refractivity contribution in [3.63, 3.8) is 0 Å². The van der Waals surface area contributed by atoms with E-state index in [-0.39, 0.29) is 11.8 Å². The highest BCUT2D eigenvalue weighted by Crippen LogP contribution is 2.33. The van der Waals surface area contributed by atoms with E-state index in [1.54, 1.807) is 0 Å². The van der Waals surface area contributed by atoms with E-state index in [4.69, 9.17) is 0 Å². The number of hydrogen-bond acceptors (Lipinski definition) is 1. The van der Waals surface area contributed by atoms with Gasteiger partial charge in [0.05, 0.1) is 12.0 Å². The van der Waals surface area contributed by atoms with Crippen LogP contribution in [0.1, 0.15) is 35.4 Å². The highest BCUT2D eigenvalue weighted by molar-refractivity contribution is 5.37. The molecule has 18 heavy (non-hydrogen) atoms. The third kappa shape index (κ3) is 2.43. The van der Waals surface area contributed by atoms with Crippen molar-refractivity contribution in [3.05, 3.63) is 71.3 Å². The van der Waals surface area contributed by atoms with E-state index >= 15 is 0 Å². The maximum atomic E-state index is 9.49. The van der Waals surface area contributed by atoms with Crippen molar-refractivity contribution in [2.24, 2.45) is 0 Å². The fourth-order valence-electron chi connectivity index (χ4n) is 2.34. The lowest BCUT2D eigenvalue weighted by Crippen LogP contribution is -2.07. The van der Waals surface area contributed by atoms with E-state index in [9.17, 15) is 5.26 Å². The number of nitrogens with zero attached hydrogens (tertiary/aromatic N) is 1. The lowest BCUT2D eigenvalue weighted by Gasteiger charge is -2.20. The van der Waals surface area contributed by atoms with Gasteiger partial charge in [0.2, 0.25) is 0 Å². The molecule has 0 bridgehead atoms. The Morgan fingerprint density at radius 3 is 2.17 bits per heavy atom. The Kier molecular flexibility index (Phi) is 3.79. The Morgan fingerprint density at radius 2 is 1.56 bits per heavy atom. The SMILES string of the molecule is Cc1ccccc1C(C#N)C(C)c1ccccc1. The summed E-state index contributed by atoms with van der Waals surface area (Å²) in [4.78, 5) is 0. The summed E-state index contributed by atoms with van der Waals surface area (Å²) >= 11 is 0. The molecule has 2 aromatic rings. The molecule has 1 heteroatoms. The zero-order chi connectivity index (χ0) is 13.0. The first-order valence-corrected chi connectivity index (χ1v) is 6.24. The van der Waals surface area contributed by atoms with Crippen LogP contribution in [0.5, 0.6) is 0 Å². The first kappa shape index (κ1) is 12.4. The molecule has 1 nitrogen and oxygen atoms in total. The van der Waals surface area contributed by atoms with Crippen LogP contribution in [-0.4, -0.2) is 0 Å². The van der Waals surface area contributed by atoms with Crippen molar-refractivity contribution in [1.82, 2.24) is 0 Å². The molecule has 0 heterocycles. The van der Waals surface area contributed by atoms with Crippen molar-refractivity contribution in [3.8, 4) is 6.07 Å². The van der Waals surface area contributed by atoms with Gasteiger partial charge >= 0.3 is 0 Å². The molecule has 0 saturated carbocycles. The standard InChI is InChI=1S/C17H17N/c1-13-8-6-7-11-16(13)17(12-18)14(2)15-9-4-3-5-10-15/h3-11,14,17H,1-2H3. The summed E-state index contributed by atoms with van der Waals surface area (Å²) in [5, 5.41) is 9.49. The largest absolute Gasteiger partial charge is 0.198 e. The zero-order valence-corrected chi connectivity index (χ0v) is 10.8. The lowest BCUT2D eigenvalue weighted by molar-refractivity contribution is 0.683. The third-order valence-electron chi connectivity index (χ3n) is 3.49. The summed E-state index contributed by atoms with van der Waals surface area (Å²) in [6.45, 7) is 4.19. The third-order valence-corrected chi connectivity index (χ3v) is 3.49. The molecule has 0 spiro atoms. The van der Waals surface area contributed by atoms with Gasteiger partial charge in [0, 0.05) is 5.92 Å². The minimum Gasteiger partial charge on any atom is -0.198 e. The molecule has 0 amide bonds. The zero-order valence-electron chi connectivity index (χ0n) is 10.8. The molecule has 0 N–H and O–H groups in total. The Labute approximate surface area is 109 Å². The van der Waals surface area contributed by atoms with Crippen LogP contribution < -0.4 is 0 Å². The van der Waals surface area contributed by atoms with Gasteiger partial charge in [-0.05, 0) is 23.6 Å². The molecule has 0 aliphatic heterocycles. The van der Waals surface area contributed by atoms with Gasteiger partial charge in [-0.2, -0.15) is 5.26 Å². The highest BCUT2D eigenvalue weighted by atomic mass is 14.3. The Bertz CT molecular complexity index is 551. The number of hydrogen-bond donors (Lipinski definition) is 0. The second kappa shape index (κ2) is 5.51. The van der Waals surface area contributed by atoms with Gasteiger partial charge in [0.1, 0.15) is 0 Å². The van der Waals surface area contributed by atoms with Crippen molar-refractivity contribution < 1.29 is 0 Å². The van der Waals surface area contributed by atoms with E-state index in [0.29, 0.717) is 0 Å². The van der Waals surface area contributed by atoms with Crippen LogP contribution in [0.15, 0.2) is 54.6 Å². The lowest BCUT2D eigenvalue weighted by atomic mass is 9.82. The number of nitriles is 1. The van der Waals surface area contributed by atoms with Crippen LogP contribution in [0, 0.1) is 18.3 Å². The normalized spacial score (nSPS) is 13.6. The summed E-state index contributed by atoms with van der Waals surface area (Å²) in [7, 11) is 0. The van der Waals surface area contributed by atoms with Crippen LogP contribution in [0.3, 0.4) is 0 Å². The maximum absolute atomic E-state index is 9.49. The topological polar surface area (TPSA) is 23.8 Å². The molecule has 0 saturated heterocycles. The Morgan fingerprint density at radius 1 is 0.944 bits per heavy atom. The summed E-state index contributed by atoms with van der Waals surface area (Å²) in [6, 6.07) is 20.8. The van der Waals surface area contributed by atoms with Gasteiger partial charge in [-0.15, -0.1) is 0 Å². The minimum absolute atomic E-state index is 0.0893. The predicted octanol–water partition coefficient (Wildman–Crippen LogP) is 4.41. The van der Waals surface area contributed by atoms with E-state index in [1.807, 2.05) is 30.3 Å². The van der Waals surface area contributed by atoms with Gasteiger partial charge in [-0.25, -0.2) is 0 Å². The number of rotatable bonds is 3. The second-order valence-corrected chi connectivity index (χ2v) is 4.66. The van der Waals surface area contributed by atoms with E-state index in [2.05, 4.69) is 44.2 Å². The van der Waals surface area contributed by atoms with Crippen LogP contribution in [0.25, 0.3) is 0 Å². The molecule has 0 fully saturated rings. The molecule has 0 aromatic heterocycles. The molecule has 0 aliphatic carbocycles. The first-order chi connectivity index (χ1) is 8.74. The molecular weight excluding hydrogens is 218 g/mol. The van der Waals surface area contributed by atoms with Gasteiger partial charge in [0.25, 0.3) is 0 Å². The van der Waals surface area contributed by atoms with Crippen molar-refractivity contribution in [2.45, 2.75) is 25.7 Å². The summed E-state index contributed by atoms with van der Waals surface area (Å²) < 4.78 is 0. The molecule has 0 aliphatic rings. The minimum atomic E-state index is -0.0893.